The zero-order valence-electron chi connectivity index (χ0n) is 18.1. The second-order valence-electron chi connectivity index (χ2n) is 7.34. The summed E-state index contributed by atoms with van der Waals surface area (Å²) in [4.78, 5) is -0.594. The van der Waals surface area contributed by atoms with Crippen LogP contribution in [-0.4, -0.2) is 13.0 Å². The molecule has 0 aliphatic rings. The number of para-hydroxylation sites is 1. The Kier molecular flexibility index (Phi) is 12.7. The van der Waals surface area contributed by atoms with Gasteiger partial charge in [0.2, 0.25) is 0 Å². The van der Waals surface area contributed by atoms with Crippen LogP contribution < -0.4 is 39.4 Å². The molecule has 1 N–H and O–H groups in total. The number of hydrogen-bond donors (Lipinski definition) is 1. The van der Waals surface area contributed by atoms with E-state index in [2.05, 4.69) is 6.92 Å². The van der Waals surface area contributed by atoms with E-state index in [9.17, 15) is 18.1 Å². The van der Waals surface area contributed by atoms with E-state index in [1.165, 1.54) is 44.6 Å². The Morgan fingerprint density at radius 2 is 1.43 bits per heavy atom. The van der Waals surface area contributed by atoms with Gasteiger partial charge in [-0.2, -0.15) is 8.42 Å². The van der Waals surface area contributed by atoms with Crippen LogP contribution in [0.3, 0.4) is 0 Å². The topological polar surface area (TPSA) is 86.7 Å². The first kappa shape index (κ1) is 27.0. The fourth-order valence-electron chi connectivity index (χ4n) is 3.35. The molecule has 160 valence electrons. The van der Waals surface area contributed by atoms with Crippen molar-refractivity contribution in [3.05, 3.63) is 48.0 Å². The van der Waals surface area contributed by atoms with E-state index < -0.39 is 20.8 Å². The van der Waals surface area contributed by atoms with Crippen molar-refractivity contribution < 1.29 is 52.4 Å². The number of ether oxygens (including phenoxy) is 1. The maximum Gasteiger partial charge on any atom is 1.00 e. The molecule has 5 nitrogen and oxygen atoms in total. The molecule has 0 fully saturated rings. The predicted octanol–water partition coefficient (Wildman–Crippen LogP) is 2.88. The normalized spacial score (nSPS) is 11.1. The molecule has 0 heterocycles. The van der Waals surface area contributed by atoms with Crippen molar-refractivity contribution in [3.63, 3.8) is 0 Å². The minimum atomic E-state index is -4.56. The monoisotopic (exact) mass is 442 g/mol. The Bertz CT molecular complexity index is 853. The standard InChI is InChI=1S/C23H32O5S.Na/c1-2-3-4-5-6-7-8-9-13-16-20-21(28-19-14-11-10-12-15-19)17-18-22(23(20)24)29(25,26)27;/h10-12,14-15,17-18,24H,2-9,13,16H2,1H3,(H,25,26,27);/q;+1/p-1. The van der Waals surface area contributed by atoms with Gasteiger partial charge >= 0.3 is 29.6 Å². The van der Waals surface area contributed by atoms with Crippen molar-refractivity contribution in [2.75, 3.05) is 0 Å². The number of hydrogen-bond acceptors (Lipinski definition) is 4. The largest absolute Gasteiger partial charge is 1.00 e. The van der Waals surface area contributed by atoms with Crippen LogP contribution in [-0.2, 0) is 16.5 Å². The molecule has 0 bridgehead atoms. The Labute approximate surface area is 202 Å². The van der Waals surface area contributed by atoms with Crippen molar-refractivity contribution in [1.29, 1.82) is 0 Å². The summed E-state index contributed by atoms with van der Waals surface area (Å²) in [6.45, 7) is 2.21. The first-order valence-corrected chi connectivity index (χ1v) is 11.9. The molecule has 0 spiro atoms. The minimum Gasteiger partial charge on any atom is -0.871 e. The SMILES string of the molecule is CCCCCCCCCCCc1c(Oc2ccccc2)ccc(S(=O)(=O)O)c1[O-].[Na+]. The maximum absolute atomic E-state index is 12.7. The Morgan fingerprint density at radius 3 is 2.00 bits per heavy atom. The molecule has 7 heteroatoms. The van der Waals surface area contributed by atoms with E-state index in [1.807, 2.05) is 18.2 Å². The van der Waals surface area contributed by atoms with Crippen molar-refractivity contribution in [1.82, 2.24) is 0 Å². The molecule has 0 radical (unpaired) electrons. The average molecular weight is 443 g/mol. The molecule has 2 aromatic rings. The molecule has 0 aliphatic carbocycles. The quantitative estimate of drug-likeness (QED) is 0.293. The van der Waals surface area contributed by atoms with Gasteiger partial charge in [-0.15, -0.1) is 0 Å². The fourth-order valence-corrected chi connectivity index (χ4v) is 3.95. The van der Waals surface area contributed by atoms with Crippen LogP contribution >= 0.6 is 0 Å². The Morgan fingerprint density at radius 1 is 0.867 bits per heavy atom. The summed E-state index contributed by atoms with van der Waals surface area (Å²) in [6, 6.07) is 11.6. The van der Waals surface area contributed by atoms with Crippen LogP contribution in [0.2, 0.25) is 0 Å². The summed E-state index contributed by atoms with van der Waals surface area (Å²) < 4.78 is 38.2. The first-order chi connectivity index (χ1) is 13.9. The van der Waals surface area contributed by atoms with Gasteiger partial charge in [-0.1, -0.05) is 82.2 Å². The molecule has 2 rings (SSSR count). The molecule has 0 unspecified atom stereocenters. The first-order valence-electron chi connectivity index (χ1n) is 10.5. The Hall–Kier alpha value is -1.05. The third-order valence-electron chi connectivity index (χ3n) is 4.96. The molecule has 0 aliphatic heterocycles. The van der Waals surface area contributed by atoms with Gasteiger partial charge in [0.15, 0.2) is 0 Å². The summed E-state index contributed by atoms with van der Waals surface area (Å²) in [5.41, 5.74) is 0.298. The summed E-state index contributed by atoms with van der Waals surface area (Å²) >= 11 is 0. The van der Waals surface area contributed by atoms with E-state index >= 15 is 0 Å². The van der Waals surface area contributed by atoms with Gasteiger partial charge in [-0.3, -0.25) is 4.55 Å². The molecular weight excluding hydrogens is 411 g/mol. The van der Waals surface area contributed by atoms with E-state index in [0.717, 1.165) is 25.3 Å². The van der Waals surface area contributed by atoms with E-state index in [1.54, 1.807) is 12.1 Å². The fraction of sp³-hybridized carbons (Fsp3) is 0.478. The van der Waals surface area contributed by atoms with Crippen molar-refractivity contribution in [3.8, 4) is 17.2 Å². The molecule has 0 saturated carbocycles. The average Bonchev–Trinajstić information content (AvgIpc) is 2.68. The molecular formula is C23H31NaO5S. The second-order valence-corrected chi connectivity index (χ2v) is 8.73. The van der Waals surface area contributed by atoms with Crippen LogP contribution in [0.5, 0.6) is 17.2 Å². The predicted molar refractivity (Wildman–Crippen MR) is 113 cm³/mol. The number of benzene rings is 2. The summed E-state index contributed by atoms with van der Waals surface area (Å²) in [7, 11) is -4.56. The van der Waals surface area contributed by atoms with Gasteiger partial charge in [0.1, 0.15) is 11.5 Å². The van der Waals surface area contributed by atoms with Crippen LogP contribution in [0.15, 0.2) is 47.4 Å². The van der Waals surface area contributed by atoms with E-state index in [4.69, 9.17) is 4.74 Å². The van der Waals surface area contributed by atoms with E-state index in [0.29, 0.717) is 23.5 Å². The third-order valence-corrected chi connectivity index (χ3v) is 5.84. The van der Waals surface area contributed by atoms with Crippen molar-refractivity contribution >= 4 is 10.1 Å². The smallest absolute Gasteiger partial charge is 0.871 e. The summed E-state index contributed by atoms with van der Waals surface area (Å²) in [5.74, 6) is 0.230. The summed E-state index contributed by atoms with van der Waals surface area (Å²) in [6.07, 6.45) is 10.7. The Balaban J connectivity index is 0.00000450. The van der Waals surface area contributed by atoms with Gasteiger partial charge in [-0.25, -0.2) is 0 Å². The zero-order valence-corrected chi connectivity index (χ0v) is 20.9. The van der Waals surface area contributed by atoms with Crippen LogP contribution in [0.4, 0.5) is 0 Å². The zero-order chi connectivity index (χ0) is 21.1. The number of rotatable bonds is 13. The molecule has 2 aromatic carbocycles. The van der Waals surface area contributed by atoms with E-state index in [-0.39, 0.29) is 29.6 Å². The molecule has 0 atom stereocenters. The molecule has 30 heavy (non-hydrogen) atoms. The third kappa shape index (κ3) is 8.98. The number of unbranched alkanes of at least 4 members (excludes halogenated alkanes) is 8. The van der Waals surface area contributed by atoms with Crippen molar-refractivity contribution in [2.24, 2.45) is 0 Å². The van der Waals surface area contributed by atoms with Crippen molar-refractivity contribution in [2.45, 2.75) is 76.0 Å². The van der Waals surface area contributed by atoms with Crippen LogP contribution in [0.25, 0.3) is 0 Å². The van der Waals surface area contributed by atoms with Gasteiger partial charge in [0, 0.05) is 0 Å². The van der Waals surface area contributed by atoms with Crippen LogP contribution in [0, 0.1) is 0 Å². The van der Waals surface area contributed by atoms with Crippen LogP contribution in [0.1, 0.15) is 70.3 Å². The molecule has 0 aromatic heterocycles. The second kappa shape index (κ2) is 14.1. The van der Waals surface area contributed by atoms with Gasteiger partial charge in [0.25, 0.3) is 10.1 Å². The minimum absolute atomic E-state index is 0. The summed E-state index contributed by atoms with van der Waals surface area (Å²) in [5, 5.41) is 12.7. The van der Waals surface area contributed by atoms with Gasteiger partial charge < -0.3 is 9.84 Å². The molecule has 0 amide bonds. The van der Waals surface area contributed by atoms with Gasteiger partial charge in [0.05, 0.1) is 4.90 Å². The maximum atomic E-state index is 12.7. The van der Waals surface area contributed by atoms with Gasteiger partial charge in [-0.05, 0) is 42.7 Å². The molecule has 0 saturated heterocycles.